The van der Waals surface area contributed by atoms with E-state index in [-0.39, 0.29) is 5.41 Å². The largest absolute Gasteiger partial charge is 0.455 e. The molecule has 0 bridgehead atoms. The highest BCUT2D eigenvalue weighted by Crippen LogP contribution is 2.52. The lowest BCUT2D eigenvalue weighted by Crippen LogP contribution is -2.17. The van der Waals surface area contributed by atoms with Crippen molar-refractivity contribution in [3.63, 3.8) is 0 Å². The molecule has 0 fully saturated rings. The number of aryl methyl sites for hydroxylation is 1. The lowest BCUT2D eigenvalue weighted by Gasteiger charge is -2.28. The van der Waals surface area contributed by atoms with E-state index in [1.165, 1.54) is 55.3 Å². The lowest BCUT2D eigenvalue weighted by molar-refractivity contribution is 0.660. The monoisotopic (exact) mass is 706 g/mol. The van der Waals surface area contributed by atoms with E-state index >= 15 is 0 Å². The number of anilines is 3. The second-order valence-electron chi connectivity index (χ2n) is 15.5. The molecule has 3 nitrogen and oxygen atoms in total. The maximum absolute atomic E-state index is 6.41. The molecule has 0 spiro atoms. The molecule has 8 aromatic carbocycles. The summed E-state index contributed by atoms with van der Waals surface area (Å²) in [5.41, 5.74) is 17.4. The van der Waals surface area contributed by atoms with Gasteiger partial charge in [0.15, 0.2) is 0 Å². The van der Waals surface area contributed by atoms with Crippen LogP contribution in [0, 0.1) is 6.92 Å². The first-order chi connectivity index (χ1) is 26.9. The van der Waals surface area contributed by atoms with Crippen LogP contribution in [0.25, 0.3) is 71.7 Å². The van der Waals surface area contributed by atoms with Gasteiger partial charge in [-0.15, -0.1) is 0 Å². The molecule has 1 aliphatic rings. The van der Waals surface area contributed by atoms with E-state index in [0.717, 1.165) is 50.1 Å². The van der Waals surface area contributed by atoms with Gasteiger partial charge in [0, 0.05) is 55.3 Å². The third-order valence-corrected chi connectivity index (χ3v) is 11.9. The molecular weight excluding hydrogens is 669 g/mol. The van der Waals surface area contributed by atoms with Gasteiger partial charge in [-0.2, -0.15) is 0 Å². The fraction of sp³-hybridized carbons (Fsp3) is 0.0769. The molecule has 0 saturated heterocycles. The molecule has 2 heterocycles. The van der Waals surface area contributed by atoms with Crippen molar-refractivity contribution in [1.29, 1.82) is 0 Å². The number of para-hydroxylation sites is 4. The minimum atomic E-state index is -0.205. The van der Waals surface area contributed by atoms with Crippen molar-refractivity contribution in [3.8, 4) is 27.9 Å². The van der Waals surface area contributed by atoms with Crippen LogP contribution in [0.1, 0.15) is 30.5 Å². The minimum absolute atomic E-state index is 0.205. The Morgan fingerprint density at radius 2 is 1.04 bits per heavy atom. The van der Waals surface area contributed by atoms with Crippen LogP contribution >= 0.6 is 0 Å². The zero-order valence-electron chi connectivity index (χ0n) is 31.0. The van der Waals surface area contributed by atoms with Crippen LogP contribution < -0.4 is 4.90 Å². The van der Waals surface area contributed by atoms with Crippen LogP contribution in [-0.2, 0) is 5.41 Å². The lowest BCUT2D eigenvalue weighted by atomic mass is 9.82. The normalized spacial score (nSPS) is 13.1. The number of benzene rings is 8. The van der Waals surface area contributed by atoms with Crippen molar-refractivity contribution >= 4 is 60.8 Å². The Kier molecular flexibility index (Phi) is 6.81. The zero-order chi connectivity index (χ0) is 36.8. The maximum Gasteiger partial charge on any atom is 0.143 e. The number of fused-ring (bicyclic) bond motifs is 9. The standard InChI is InChI=1S/C52H38N2O/c1-33-19-23-35(24-20-33)53(36-25-21-34(22-26-36)39-14-10-15-45-44-13-6-9-18-50(44)55-51(39)45)37-27-29-40-41-30-28-38(32-47(41)52(2,3)46(40)31-37)54-48-16-7-4-11-42(48)43-12-5-8-17-49(43)54/h4-32H,1-3H3. The van der Waals surface area contributed by atoms with Gasteiger partial charge >= 0.3 is 0 Å². The maximum atomic E-state index is 6.41. The van der Waals surface area contributed by atoms with Crippen molar-refractivity contribution in [2.75, 3.05) is 4.90 Å². The Bertz CT molecular complexity index is 3070. The number of hydrogen-bond acceptors (Lipinski definition) is 2. The summed E-state index contributed by atoms with van der Waals surface area (Å²) in [6, 6.07) is 64.1. The molecule has 0 unspecified atom stereocenters. The van der Waals surface area contributed by atoms with Gasteiger partial charge in [0.2, 0.25) is 0 Å². The topological polar surface area (TPSA) is 21.3 Å². The number of nitrogens with zero attached hydrogens (tertiary/aromatic N) is 2. The molecule has 262 valence electrons. The first kappa shape index (κ1) is 31.7. The Morgan fingerprint density at radius 1 is 0.473 bits per heavy atom. The van der Waals surface area contributed by atoms with Crippen molar-refractivity contribution in [2.24, 2.45) is 0 Å². The highest BCUT2D eigenvalue weighted by Gasteiger charge is 2.36. The van der Waals surface area contributed by atoms with Crippen LogP contribution in [0.15, 0.2) is 180 Å². The van der Waals surface area contributed by atoms with Gasteiger partial charge < -0.3 is 13.9 Å². The van der Waals surface area contributed by atoms with Crippen LogP contribution in [0.3, 0.4) is 0 Å². The molecule has 11 rings (SSSR count). The first-order valence-corrected chi connectivity index (χ1v) is 19.1. The third kappa shape index (κ3) is 4.76. The van der Waals surface area contributed by atoms with E-state index in [0.29, 0.717) is 0 Å². The summed E-state index contributed by atoms with van der Waals surface area (Å²) in [6.45, 7) is 6.89. The summed E-state index contributed by atoms with van der Waals surface area (Å²) >= 11 is 0. The fourth-order valence-corrected chi connectivity index (χ4v) is 9.10. The average molecular weight is 707 g/mol. The molecular formula is C52H38N2O. The van der Waals surface area contributed by atoms with Crippen molar-refractivity contribution < 1.29 is 4.42 Å². The smallest absolute Gasteiger partial charge is 0.143 e. The molecule has 0 radical (unpaired) electrons. The molecule has 3 heteroatoms. The molecule has 0 aliphatic heterocycles. The minimum Gasteiger partial charge on any atom is -0.455 e. The molecule has 55 heavy (non-hydrogen) atoms. The molecule has 0 amide bonds. The van der Waals surface area contributed by atoms with Gasteiger partial charge in [0.05, 0.1) is 11.0 Å². The average Bonchev–Trinajstić information content (AvgIpc) is 3.84. The van der Waals surface area contributed by atoms with Gasteiger partial charge in [0.1, 0.15) is 11.2 Å². The number of aromatic nitrogens is 1. The Hall–Kier alpha value is -6.84. The van der Waals surface area contributed by atoms with E-state index in [1.54, 1.807) is 0 Å². The van der Waals surface area contributed by atoms with Crippen LogP contribution in [0.2, 0.25) is 0 Å². The van der Waals surface area contributed by atoms with Gasteiger partial charge in [-0.3, -0.25) is 0 Å². The van der Waals surface area contributed by atoms with Crippen LogP contribution in [-0.4, -0.2) is 4.57 Å². The predicted octanol–water partition coefficient (Wildman–Crippen LogP) is 14.4. The summed E-state index contributed by atoms with van der Waals surface area (Å²) in [7, 11) is 0. The second-order valence-corrected chi connectivity index (χ2v) is 15.5. The molecule has 0 saturated carbocycles. The summed E-state index contributed by atoms with van der Waals surface area (Å²) < 4.78 is 8.83. The van der Waals surface area contributed by atoms with E-state index in [2.05, 4.69) is 194 Å². The van der Waals surface area contributed by atoms with Crippen molar-refractivity contribution in [1.82, 2.24) is 4.57 Å². The first-order valence-electron chi connectivity index (χ1n) is 19.1. The van der Waals surface area contributed by atoms with E-state index in [4.69, 9.17) is 4.42 Å². The Balaban J connectivity index is 1.01. The van der Waals surface area contributed by atoms with Gasteiger partial charge in [-0.1, -0.05) is 129 Å². The summed E-state index contributed by atoms with van der Waals surface area (Å²) in [5.74, 6) is 0. The highest BCUT2D eigenvalue weighted by atomic mass is 16.3. The summed E-state index contributed by atoms with van der Waals surface area (Å²) in [4.78, 5) is 2.38. The van der Waals surface area contributed by atoms with Gasteiger partial charge in [0.25, 0.3) is 0 Å². The summed E-state index contributed by atoms with van der Waals surface area (Å²) in [6.07, 6.45) is 0. The second kappa shape index (κ2) is 11.8. The van der Waals surface area contributed by atoms with E-state index in [1.807, 2.05) is 12.1 Å². The quantitative estimate of drug-likeness (QED) is 0.178. The van der Waals surface area contributed by atoms with Gasteiger partial charge in [-0.05, 0) is 101 Å². The molecule has 10 aromatic rings. The van der Waals surface area contributed by atoms with Crippen molar-refractivity contribution in [3.05, 3.63) is 193 Å². The van der Waals surface area contributed by atoms with Crippen LogP contribution in [0.4, 0.5) is 17.1 Å². The fourth-order valence-electron chi connectivity index (χ4n) is 9.10. The number of hydrogen-bond donors (Lipinski definition) is 0. The van der Waals surface area contributed by atoms with Gasteiger partial charge in [-0.25, -0.2) is 0 Å². The highest BCUT2D eigenvalue weighted by molar-refractivity contribution is 6.10. The Labute approximate surface area is 320 Å². The molecule has 1 aliphatic carbocycles. The molecule has 2 aromatic heterocycles. The van der Waals surface area contributed by atoms with E-state index in [9.17, 15) is 0 Å². The number of rotatable bonds is 5. The van der Waals surface area contributed by atoms with Crippen LogP contribution in [0.5, 0.6) is 0 Å². The zero-order valence-corrected chi connectivity index (χ0v) is 31.0. The predicted molar refractivity (Wildman–Crippen MR) is 230 cm³/mol. The molecule has 0 N–H and O–H groups in total. The third-order valence-electron chi connectivity index (χ3n) is 11.9. The molecule has 0 atom stereocenters. The SMILES string of the molecule is Cc1ccc(N(c2ccc(-c3cccc4c3oc3ccccc34)cc2)c2ccc3c(c2)C(C)(C)c2cc(-n4c5ccccc5c5ccccc54)ccc2-3)cc1. The number of furan rings is 1. The van der Waals surface area contributed by atoms with E-state index < -0.39 is 0 Å². The summed E-state index contributed by atoms with van der Waals surface area (Å²) in [5, 5.41) is 4.84. The Morgan fingerprint density at radius 3 is 1.75 bits per heavy atom. The van der Waals surface area contributed by atoms with Crippen molar-refractivity contribution in [2.45, 2.75) is 26.2 Å².